The van der Waals surface area contributed by atoms with E-state index in [9.17, 15) is 0 Å². The molecule has 0 bridgehead atoms. The van der Waals surface area contributed by atoms with Gasteiger partial charge in [-0.05, 0) is 68.9 Å². The van der Waals surface area contributed by atoms with Gasteiger partial charge in [-0.15, -0.1) is 17.1 Å². The number of nitrogens with zero attached hydrogens (tertiary/aromatic N) is 6. The van der Waals surface area contributed by atoms with Crippen molar-refractivity contribution in [3.8, 4) is 0 Å². The molecule has 0 fully saturated rings. The second-order valence-electron chi connectivity index (χ2n) is 16.2. The van der Waals surface area contributed by atoms with E-state index in [1.807, 2.05) is 55.0 Å². The zero-order valence-electron chi connectivity index (χ0n) is 36.8. The molecule has 0 unspecified atom stereocenters. The number of hydrogen-bond acceptors (Lipinski definition) is 3. The van der Waals surface area contributed by atoms with E-state index in [1.54, 1.807) is 18.6 Å². The Kier molecular flexibility index (Phi) is 19.8. The summed E-state index contributed by atoms with van der Waals surface area (Å²) in [6.07, 6.45) is 10.9. The van der Waals surface area contributed by atoms with Crippen LogP contribution in [-0.4, -0.2) is 18.6 Å². The molecule has 0 N–H and O–H groups in total. The van der Waals surface area contributed by atoms with Gasteiger partial charge in [0.1, 0.15) is 0 Å². The predicted octanol–water partition coefficient (Wildman–Crippen LogP) is 13.9. The van der Waals surface area contributed by atoms with Crippen LogP contribution in [0.2, 0.25) is 0 Å². The van der Waals surface area contributed by atoms with Crippen LogP contribution >= 0.6 is 0 Å². The number of para-hydroxylation sites is 3. The first-order valence-electron chi connectivity index (χ1n) is 20.5. The van der Waals surface area contributed by atoms with Gasteiger partial charge in [-0.1, -0.05) is 174 Å². The smallest absolute Gasteiger partial charge is 0.663 e. The summed E-state index contributed by atoms with van der Waals surface area (Å²) < 4.78 is 0. The summed E-state index contributed by atoms with van der Waals surface area (Å²) in [4.78, 5) is 26.8. The average molecular weight is 849 g/mol. The Morgan fingerprint density at radius 3 is 0.690 bits per heavy atom. The van der Waals surface area contributed by atoms with Crippen LogP contribution in [0.25, 0.3) is 0 Å². The molecule has 0 aliphatic rings. The van der Waals surface area contributed by atoms with E-state index < -0.39 is 0 Å². The Labute approximate surface area is 374 Å². The van der Waals surface area contributed by atoms with E-state index in [1.165, 1.54) is 33.4 Å². The summed E-state index contributed by atoms with van der Waals surface area (Å²) in [5, 5.41) is 0. The number of hydrogen-bond donors (Lipinski definition) is 0. The predicted molar refractivity (Wildman–Crippen MR) is 245 cm³/mol. The van der Waals surface area contributed by atoms with Crippen LogP contribution in [0.15, 0.2) is 125 Å². The van der Waals surface area contributed by atoms with Crippen molar-refractivity contribution in [2.45, 2.75) is 119 Å². The van der Waals surface area contributed by atoms with Crippen LogP contribution in [0.1, 0.15) is 169 Å². The molecule has 0 radical (unpaired) electrons. The van der Waals surface area contributed by atoms with Gasteiger partial charge in [-0.25, -0.2) is 0 Å². The molecule has 300 valence electrons. The van der Waals surface area contributed by atoms with E-state index in [2.05, 4.69) is 153 Å². The number of rotatable bonds is 12. The molecule has 6 aromatic rings. The fourth-order valence-corrected chi connectivity index (χ4v) is 6.54. The Morgan fingerprint density at radius 2 is 0.534 bits per heavy atom. The molecule has 6 nitrogen and oxygen atoms in total. The molecule has 3 aromatic carbocycles. The average Bonchev–Trinajstić information content (AvgIpc) is 4.01. The third kappa shape index (κ3) is 13.9. The van der Waals surface area contributed by atoms with Crippen molar-refractivity contribution in [1.29, 1.82) is 0 Å². The van der Waals surface area contributed by atoms with E-state index in [-0.39, 0.29) is 32.7 Å². The Balaban J connectivity index is 0.000000231. The molecule has 0 aliphatic carbocycles. The zero-order valence-corrected chi connectivity index (χ0v) is 39.7. The first-order chi connectivity index (χ1) is 27.3. The summed E-state index contributed by atoms with van der Waals surface area (Å²) in [5.74, 6) is 2.82. The molecule has 0 spiro atoms. The van der Waals surface area contributed by atoms with Crippen LogP contribution in [0, 0.1) is 0 Å². The molecule has 0 aliphatic heterocycles. The third-order valence-corrected chi connectivity index (χ3v) is 9.74. The molecule has 58 heavy (non-hydrogen) atoms. The second kappa shape index (κ2) is 23.9. The third-order valence-electron chi connectivity index (χ3n) is 9.74. The largest absolute Gasteiger partial charge is 3.00 e. The molecular formula is C51H63N6Y. The Morgan fingerprint density at radius 1 is 0.328 bits per heavy atom. The van der Waals surface area contributed by atoms with Gasteiger partial charge < -0.3 is 15.0 Å². The summed E-state index contributed by atoms with van der Waals surface area (Å²) in [6, 6.07) is 31.1. The van der Waals surface area contributed by atoms with Gasteiger partial charge in [0, 0.05) is 18.6 Å². The van der Waals surface area contributed by atoms with Gasteiger partial charge in [0.2, 0.25) is 0 Å². The minimum Gasteiger partial charge on any atom is -0.663 e. The van der Waals surface area contributed by atoms with Crippen molar-refractivity contribution in [2.24, 2.45) is 15.0 Å². The van der Waals surface area contributed by atoms with E-state index in [0.29, 0.717) is 35.5 Å². The minimum atomic E-state index is 0. The zero-order chi connectivity index (χ0) is 41.5. The summed E-state index contributed by atoms with van der Waals surface area (Å²) in [6.45, 7) is 26.5. The van der Waals surface area contributed by atoms with Crippen LogP contribution in [0.3, 0.4) is 0 Å². The van der Waals surface area contributed by atoms with Gasteiger partial charge >= 0.3 is 32.7 Å². The maximum Gasteiger partial charge on any atom is 3.00 e. The van der Waals surface area contributed by atoms with Crippen LogP contribution in [0.5, 0.6) is 0 Å². The van der Waals surface area contributed by atoms with Crippen molar-refractivity contribution >= 4 is 35.7 Å². The topological polar surface area (TPSA) is 79.4 Å². The molecular weight excluding hydrogens is 786 g/mol. The van der Waals surface area contributed by atoms with E-state index in [4.69, 9.17) is 15.0 Å². The van der Waals surface area contributed by atoms with Gasteiger partial charge in [0.05, 0.1) is 17.1 Å². The minimum absolute atomic E-state index is 0. The van der Waals surface area contributed by atoms with Crippen LogP contribution in [-0.2, 0) is 32.7 Å². The van der Waals surface area contributed by atoms with Gasteiger partial charge in [-0.3, -0.25) is 15.0 Å². The SMILES string of the molecule is CC(C)c1cccc(C(C)C)c1N=Cc1ccc[n-]1.CC(C)c1cccc(C(C)C)c1N=Cc1ccc[n-]1.CC(C)c1cccc(C(C)C)c1N=Cc1ccc[n-]1.[Y+3]. The summed E-state index contributed by atoms with van der Waals surface area (Å²) in [7, 11) is 0. The monoisotopic (exact) mass is 848 g/mol. The molecule has 0 amide bonds. The Bertz CT molecular complexity index is 1820. The maximum absolute atomic E-state index is 4.70. The second-order valence-corrected chi connectivity index (χ2v) is 16.2. The maximum atomic E-state index is 4.70. The fourth-order valence-electron chi connectivity index (χ4n) is 6.54. The summed E-state index contributed by atoms with van der Waals surface area (Å²) >= 11 is 0. The first kappa shape index (κ1) is 48.0. The fraction of sp³-hybridized carbons (Fsp3) is 0.353. The van der Waals surface area contributed by atoms with Crippen molar-refractivity contribution in [3.05, 3.63) is 160 Å². The summed E-state index contributed by atoms with van der Waals surface area (Å²) in [5.41, 5.74) is 13.9. The van der Waals surface area contributed by atoms with Gasteiger partial charge in [0.25, 0.3) is 0 Å². The first-order valence-corrected chi connectivity index (χ1v) is 20.5. The number of aliphatic imine (C=N–C) groups is 3. The van der Waals surface area contributed by atoms with Crippen molar-refractivity contribution < 1.29 is 32.7 Å². The quantitative estimate of drug-likeness (QED) is 0.115. The van der Waals surface area contributed by atoms with E-state index >= 15 is 0 Å². The Hall–Kier alpha value is -4.39. The van der Waals surface area contributed by atoms with Crippen molar-refractivity contribution in [1.82, 2.24) is 15.0 Å². The standard InChI is InChI=1S/3C17H21N2.Y/c3*1-12(2)15-8-5-9-16(13(3)4)17(15)19-11-14-7-6-10-18-14;/h3*5-13H,1-4H3;/q3*-1;+3. The number of aromatic nitrogens is 3. The van der Waals surface area contributed by atoms with Crippen molar-refractivity contribution in [2.75, 3.05) is 0 Å². The van der Waals surface area contributed by atoms with Crippen LogP contribution in [0.4, 0.5) is 17.1 Å². The molecule has 0 saturated carbocycles. The molecule has 3 aromatic heterocycles. The molecule has 3 heterocycles. The van der Waals surface area contributed by atoms with Gasteiger partial charge in [-0.2, -0.15) is 18.6 Å². The molecule has 0 saturated heterocycles. The molecule has 7 heteroatoms. The number of benzene rings is 3. The van der Waals surface area contributed by atoms with Crippen LogP contribution < -0.4 is 15.0 Å². The molecule has 0 atom stereocenters. The normalized spacial score (nSPS) is 11.7. The van der Waals surface area contributed by atoms with Gasteiger partial charge in [0.15, 0.2) is 0 Å². The van der Waals surface area contributed by atoms with E-state index in [0.717, 1.165) is 34.1 Å². The molecule has 6 rings (SSSR count). The van der Waals surface area contributed by atoms with Crippen molar-refractivity contribution in [3.63, 3.8) is 0 Å².